The first-order valence-corrected chi connectivity index (χ1v) is 8.29. The topological polar surface area (TPSA) is 50.2 Å². The maximum atomic E-state index is 10.9. The van der Waals surface area contributed by atoms with Gasteiger partial charge in [0.25, 0.3) is 0 Å². The van der Waals surface area contributed by atoms with E-state index in [0.717, 1.165) is 21.1 Å². The molecule has 0 radical (unpaired) electrons. The zero-order valence-corrected chi connectivity index (χ0v) is 13.5. The Morgan fingerprint density at radius 2 is 1.90 bits per heavy atom. The minimum absolute atomic E-state index is 0.277. The highest BCUT2D eigenvalue weighted by molar-refractivity contribution is 7.15. The number of hydrogen-bond donors (Lipinski definition) is 1. The van der Waals surface area contributed by atoms with E-state index in [1.807, 2.05) is 11.4 Å². The molecule has 0 bridgehead atoms. The molecule has 0 atom stereocenters. The van der Waals surface area contributed by atoms with Gasteiger partial charge < -0.3 is 5.11 Å². The number of hydrogen-bond acceptors (Lipinski definition) is 4. The molecule has 7 heteroatoms. The zero-order valence-electron chi connectivity index (χ0n) is 10.3. The van der Waals surface area contributed by atoms with Crippen LogP contribution in [0.2, 0.25) is 10.0 Å². The van der Waals surface area contributed by atoms with Crippen molar-refractivity contribution < 1.29 is 9.90 Å². The first kappa shape index (κ1) is 14.5. The van der Waals surface area contributed by atoms with Gasteiger partial charge >= 0.3 is 5.97 Å². The molecule has 0 aliphatic carbocycles. The molecular weight excluding hydrogens is 349 g/mol. The van der Waals surface area contributed by atoms with Crippen molar-refractivity contribution in [1.82, 2.24) is 4.98 Å². The van der Waals surface area contributed by atoms with Crippen LogP contribution in [0.15, 0.2) is 35.0 Å². The Balaban J connectivity index is 1.95. The van der Waals surface area contributed by atoms with Gasteiger partial charge in [0.1, 0.15) is 5.01 Å². The van der Waals surface area contributed by atoms with Crippen LogP contribution in [0.3, 0.4) is 0 Å². The van der Waals surface area contributed by atoms with Gasteiger partial charge in [-0.05, 0) is 18.2 Å². The summed E-state index contributed by atoms with van der Waals surface area (Å²) in [5.74, 6) is -0.933. The molecule has 0 saturated heterocycles. The second-order valence-corrected chi connectivity index (χ2v) is 6.76. The lowest BCUT2D eigenvalue weighted by Crippen LogP contribution is -1.91. The number of benzene rings is 1. The predicted molar refractivity (Wildman–Crippen MR) is 87.8 cm³/mol. The van der Waals surface area contributed by atoms with Gasteiger partial charge in [0.05, 0.1) is 26.2 Å². The van der Waals surface area contributed by atoms with Gasteiger partial charge in [0.15, 0.2) is 0 Å². The summed E-state index contributed by atoms with van der Waals surface area (Å²) >= 11 is 14.7. The minimum atomic E-state index is -0.933. The maximum Gasteiger partial charge on any atom is 0.336 e. The third-order valence-electron chi connectivity index (χ3n) is 2.77. The molecular formula is C14H7Cl2NO2S2. The molecule has 0 aliphatic rings. The monoisotopic (exact) mass is 355 g/mol. The minimum Gasteiger partial charge on any atom is -0.478 e. The summed E-state index contributed by atoms with van der Waals surface area (Å²) in [6.07, 6.45) is 0. The normalized spacial score (nSPS) is 10.8. The molecule has 3 nitrogen and oxygen atoms in total. The molecule has 0 aliphatic heterocycles. The quantitative estimate of drug-likeness (QED) is 0.670. The fourth-order valence-electron chi connectivity index (χ4n) is 1.73. The second kappa shape index (κ2) is 5.77. The molecule has 3 aromatic rings. The van der Waals surface area contributed by atoms with Crippen LogP contribution in [-0.2, 0) is 0 Å². The van der Waals surface area contributed by atoms with E-state index in [9.17, 15) is 4.79 Å². The van der Waals surface area contributed by atoms with Crippen LogP contribution in [-0.4, -0.2) is 16.1 Å². The Morgan fingerprint density at radius 1 is 1.10 bits per heavy atom. The van der Waals surface area contributed by atoms with Crippen LogP contribution in [0.1, 0.15) is 10.4 Å². The largest absolute Gasteiger partial charge is 0.478 e. The number of nitrogens with zero attached hydrogens (tertiary/aromatic N) is 1. The molecule has 2 heterocycles. The van der Waals surface area contributed by atoms with Gasteiger partial charge in [-0.1, -0.05) is 29.3 Å². The van der Waals surface area contributed by atoms with Crippen LogP contribution in [0, 0.1) is 0 Å². The number of carbonyl (C=O) groups is 1. The molecule has 1 aromatic carbocycles. The third-order valence-corrected chi connectivity index (χ3v) is 5.35. The summed E-state index contributed by atoms with van der Waals surface area (Å²) in [7, 11) is 0. The van der Waals surface area contributed by atoms with E-state index in [0.29, 0.717) is 10.0 Å². The predicted octanol–water partition coefficient (Wildman–Crippen LogP) is 5.54. The van der Waals surface area contributed by atoms with E-state index >= 15 is 0 Å². The van der Waals surface area contributed by atoms with Crippen molar-refractivity contribution >= 4 is 51.8 Å². The van der Waals surface area contributed by atoms with Crippen molar-refractivity contribution in [3.63, 3.8) is 0 Å². The molecule has 1 N–H and O–H groups in total. The highest BCUT2D eigenvalue weighted by Gasteiger charge is 2.12. The average molecular weight is 356 g/mol. The molecule has 0 fully saturated rings. The van der Waals surface area contributed by atoms with Crippen molar-refractivity contribution in [2.24, 2.45) is 0 Å². The lowest BCUT2D eigenvalue weighted by atomic mass is 10.2. The summed E-state index contributed by atoms with van der Waals surface area (Å²) < 4.78 is 0. The number of rotatable bonds is 3. The summed E-state index contributed by atoms with van der Waals surface area (Å²) in [4.78, 5) is 16.3. The molecule has 2 aromatic heterocycles. The van der Waals surface area contributed by atoms with Crippen LogP contribution >= 0.6 is 45.9 Å². The number of aromatic carboxylic acids is 1. The fraction of sp³-hybridized carbons (Fsp3) is 0. The van der Waals surface area contributed by atoms with E-state index < -0.39 is 5.97 Å². The van der Waals surface area contributed by atoms with Crippen molar-refractivity contribution in [2.45, 2.75) is 0 Å². The Bertz CT molecular complexity index is 826. The zero-order chi connectivity index (χ0) is 15.0. The van der Waals surface area contributed by atoms with Gasteiger partial charge in [-0.15, -0.1) is 22.7 Å². The maximum absolute atomic E-state index is 10.9. The van der Waals surface area contributed by atoms with E-state index in [-0.39, 0.29) is 5.56 Å². The SMILES string of the molecule is O=C(O)c1csc(-c2csc(-c3ccc(Cl)c(Cl)c3)n2)c1. The van der Waals surface area contributed by atoms with E-state index in [2.05, 4.69) is 4.98 Å². The van der Waals surface area contributed by atoms with Crippen molar-refractivity contribution in [1.29, 1.82) is 0 Å². The highest BCUT2D eigenvalue weighted by atomic mass is 35.5. The second-order valence-electron chi connectivity index (χ2n) is 4.17. The summed E-state index contributed by atoms with van der Waals surface area (Å²) in [5.41, 5.74) is 1.92. The van der Waals surface area contributed by atoms with E-state index in [1.54, 1.807) is 23.6 Å². The molecule has 0 saturated carbocycles. The first-order chi connectivity index (χ1) is 10.0. The third kappa shape index (κ3) is 2.96. The van der Waals surface area contributed by atoms with Crippen LogP contribution in [0.5, 0.6) is 0 Å². The highest BCUT2D eigenvalue weighted by Crippen LogP contribution is 2.34. The molecule has 106 valence electrons. The van der Waals surface area contributed by atoms with Gasteiger partial charge in [0.2, 0.25) is 0 Å². The smallest absolute Gasteiger partial charge is 0.336 e. The fourth-order valence-corrected chi connectivity index (χ4v) is 3.76. The van der Waals surface area contributed by atoms with E-state index in [1.165, 1.54) is 22.7 Å². The molecule has 0 spiro atoms. The van der Waals surface area contributed by atoms with Gasteiger partial charge in [-0.3, -0.25) is 0 Å². The number of aromatic nitrogens is 1. The van der Waals surface area contributed by atoms with Crippen molar-refractivity contribution in [3.05, 3.63) is 50.6 Å². The van der Waals surface area contributed by atoms with Crippen LogP contribution in [0.25, 0.3) is 21.1 Å². The van der Waals surface area contributed by atoms with E-state index in [4.69, 9.17) is 28.3 Å². The molecule has 0 amide bonds. The average Bonchev–Trinajstić information content (AvgIpc) is 3.09. The number of carboxylic acid groups (broad SMARTS) is 1. The lowest BCUT2D eigenvalue weighted by Gasteiger charge is -1.99. The Morgan fingerprint density at radius 3 is 2.57 bits per heavy atom. The van der Waals surface area contributed by atoms with Crippen molar-refractivity contribution in [2.75, 3.05) is 0 Å². The van der Waals surface area contributed by atoms with Gasteiger partial charge in [-0.25, -0.2) is 9.78 Å². The number of thiazole rings is 1. The molecule has 0 unspecified atom stereocenters. The molecule has 21 heavy (non-hydrogen) atoms. The van der Waals surface area contributed by atoms with Crippen molar-refractivity contribution in [3.8, 4) is 21.1 Å². The number of carboxylic acids is 1. The number of halogens is 2. The summed E-state index contributed by atoms with van der Waals surface area (Å²) in [5, 5.41) is 14.2. The first-order valence-electron chi connectivity index (χ1n) is 5.78. The number of thiophene rings is 1. The van der Waals surface area contributed by atoms with Crippen LogP contribution in [0.4, 0.5) is 0 Å². The standard InChI is InChI=1S/C14H7Cl2NO2S2/c15-9-2-1-7(3-10(9)16)13-17-11(6-21-13)12-4-8(5-20-12)14(18)19/h1-6H,(H,18,19). The molecule has 3 rings (SSSR count). The van der Waals surface area contributed by atoms with Gasteiger partial charge in [-0.2, -0.15) is 0 Å². The van der Waals surface area contributed by atoms with Gasteiger partial charge in [0, 0.05) is 16.3 Å². The Kier molecular flexibility index (Phi) is 3.99. The Hall–Kier alpha value is -1.40. The Labute approximate surface area is 138 Å². The summed E-state index contributed by atoms with van der Waals surface area (Å²) in [6.45, 7) is 0. The van der Waals surface area contributed by atoms with Crippen LogP contribution < -0.4 is 0 Å². The lowest BCUT2D eigenvalue weighted by molar-refractivity contribution is 0.0697. The summed E-state index contributed by atoms with van der Waals surface area (Å²) in [6, 6.07) is 6.98.